The zero-order valence-corrected chi connectivity index (χ0v) is 9.52. The van der Waals surface area contributed by atoms with Crippen molar-refractivity contribution in [1.29, 1.82) is 0 Å². The lowest BCUT2D eigenvalue weighted by Gasteiger charge is -2.22. The Balaban J connectivity index is 2.01. The molecule has 3 heteroatoms. The maximum absolute atomic E-state index is 13.0. The number of fused-ring (bicyclic) bond motifs is 1. The largest absolute Gasteiger partial charge is 0.293 e. The van der Waals surface area contributed by atoms with Crippen LogP contribution >= 0.6 is 11.3 Å². The fourth-order valence-corrected chi connectivity index (χ4v) is 3.10. The molecule has 1 saturated carbocycles. The molecule has 0 aliphatic heterocycles. The van der Waals surface area contributed by atoms with Crippen LogP contribution in [-0.2, 0) is 0 Å². The zero-order valence-electron chi connectivity index (χ0n) is 8.70. The molecule has 2 aromatic rings. The summed E-state index contributed by atoms with van der Waals surface area (Å²) in [5, 5.41) is 0.967. The maximum Gasteiger partial charge on any atom is 0.175 e. The molecule has 16 heavy (non-hydrogen) atoms. The Morgan fingerprint density at radius 3 is 2.81 bits per heavy atom. The van der Waals surface area contributed by atoms with Gasteiger partial charge in [0.25, 0.3) is 0 Å². The summed E-state index contributed by atoms with van der Waals surface area (Å²) in [5.74, 6) is 0.225. The summed E-state index contributed by atoms with van der Waals surface area (Å²) in [4.78, 5) is 12.8. The normalized spacial score (nSPS) is 16.3. The van der Waals surface area contributed by atoms with Crippen LogP contribution in [0.25, 0.3) is 10.1 Å². The van der Waals surface area contributed by atoms with Crippen molar-refractivity contribution in [3.63, 3.8) is 0 Å². The molecule has 1 aromatic heterocycles. The third-order valence-electron chi connectivity index (χ3n) is 3.20. The van der Waals surface area contributed by atoms with Crippen molar-refractivity contribution < 1.29 is 9.18 Å². The molecular weight excluding hydrogens is 223 g/mol. The van der Waals surface area contributed by atoms with Gasteiger partial charge in [-0.15, -0.1) is 11.3 Å². The third kappa shape index (κ3) is 1.55. The number of Topliss-reactive ketones (excluding diaryl/α,β-unsaturated/α-hetero) is 1. The lowest BCUT2D eigenvalue weighted by molar-refractivity contribution is 0.0859. The highest BCUT2D eigenvalue weighted by atomic mass is 32.1. The highest BCUT2D eigenvalue weighted by molar-refractivity contribution is 7.20. The molecule has 0 unspecified atom stereocenters. The minimum atomic E-state index is -0.239. The lowest BCUT2D eigenvalue weighted by atomic mass is 9.82. The van der Waals surface area contributed by atoms with Gasteiger partial charge in [-0.2, -0.15) is 0 Å². The Kier molecular flexibility index (Phi) is 2.28. The van der Waals surface area contributed by atoms with Crippen molar-refractivity contribution in [1.82, 2.24) is 0 Å². The van der Waals surface area contributed by atoms with Gasteiger partial charge in [-0.1, -0.05) is 12.5 Å². The first kappa shape index (κ1) is 9.97. The van der Waals surface area contributed by atoms with Crippen LogP contribution in [0.1, 0.15) is 28.9 Å². The van der Waals surface area contributed by atoms with E-state index in [1.807, 2.05) is 6.07 Å². The second-order valence-corrected chi connectivity index (χ2v) is 5.37. The Labute approximate surface area is 96.9 Å². The smallest absolute Gasteiger partial charge is 0.175 e. The van der Waals surface area contributed by atoms with Crippen LogP contribution in [0.3, 0.4) is 0 Å². The zero-order chi connectivity index (χ0) is 11.1. The van der Waals surface area contributed by atoms with Gasteiger partial charge in [0.2, 0.25) is 0 Å². The van der Waals surface area contributed by atoms with Gasteiger partial charge >= 0.3 is 0 Å². The van der Waals surface area contributed by atoms with Gasteiger partial charge in [-0.25, -0.2) is 4.39 Å². The SMILES string of the molecule is O=C(c1cc2ccc(F)cc2s1)C1CCC1. The number of rotatable bonds is 2. The van der Waals surface area contributed by atoms with Crippen molar-refractivity contribution in [3.05, 3.63) is 35.0 Å². The van der Waals surface area contributed by atoms with Gasteiger partial charge < -0.3 is 0 Å². The first-order chi connectivity index (χ1) is 7.74. The van der Waals surface area contributed by atoms with E-state index in [9.17, 15) is 9.18 Å². The molecule has 1 aromatic carbocycles. The van der Waals surface area contributed by atoms with E-state index in [1.165, 1.54) is 23.5 Å². The van der Waals surface area contributed by atoms with Gasteiger partial charge in [-0.3, -0.25) is 4.79 Å². The lowest BCUT2D eigenvalue weighted by Crippen LogP contribution is -2.20. The van der Waals surface area contributed by atoms with Gasteiger partial charge in [0.1, 0.15) is 5.82 Å². The molecule has 1 fully saturated rings. The standard InChI is InChI=1S/C13H11FOS/c14-10-5-4-9-6-12(16-11(9)7-10)13(15)8-2-1-3-8/h4-8H,1-3H2. The Morgan fingerprint density at radius 2 is 2.12 bits per heavy atom. The van der Waals surface area contributed by atoms with Crippen molar-refractivity contribution in [2.45, 2.75) is 19.3 Å². The Bertz CT molecular complexity index is 554. The van der Waals surface area contributed by atoms with E-state index < -0.39 is 0 Å². The molecule has 0 spiro atoms. The second-order valence-electron chi connectivity index (χ2n) is 4.28. The van der Waals surface area contributed by atoms with Gasteiger partial charge in [-0.05, 0) is 36.4 Å². The Hall–Kier alpha value is -1.22. The van der Waals surface area contributed by atoms with Crippen molar-refractivity contribution in [2.75, 3.05) is 0 Å². The summed E-state index contributed by atoms with van der Waals surface area (Å²) in [6.07, 6.45) is 3.19. The predicted molar refractivity (Wildman–Crippen MR) is 63.5 cm³/mol. The number of carbonyl (C=O) groups is 1. The van der Waals surface area contributed by atoms with E-state index in [0.717, 1.165) is 34.2 Å². The van der Waals surface area contributed by atoms with E-state index in [-0.39, 0.29) is 17.5 Å². The average molecular weight is 234 g/mol. The van der Waals surface area contributed by atoms with E-state index in [1.54, 1.807) is 6.07 Å². The summed E-state index contributed by atoms with van der Waals surface area (Å²) in [6, 6.07) is 6.56. The van der Waals surface area contributed by atoms with Crippen LogP contribution in [0, 0.1) is 11.7 Å². The number of halogens is 1. The van der Waals surface area contributed by atoms with E-state index in [4.69, 9.17) is 0 Å². The number of thiophene rings is 1. The van der Waals surface area contributed by atoms with Gasteiger partial charge in [0, 0.05) is 10.6 Å². The van der Waals surface area contributed by atoms with Gasteiger partial charge in [0.15, 0.2) is 5.78 Å². The number of hydrogen-bond donors (Lipinski definition) is 0. The quantitative estimate of drug-likeness (QED) is 0.717. The molecule has 1 aliphatic rings. The topological polar surface area (TPSA) is 17.1 Å². The van der Waals surface area contributed by atoms with Crippen molar-refractivity contribution in [2.24, 2.45) is 5.92 Å². The molecule has 0 radical (unpaired) electrons. The molecular formula is C13H11FOS. The number of hydrogen-bond acceptors (Lipinski definition) is 2. The van der Waals surface area contributed by atoms with Crippen LogP contribution < -0.4 is 0 Å². The number of benzene rings is 1. The molecule has 1 aliphatic carbocycles. The molecule has 0 bridgehead atoms. The summed E-state index contributed by atoms with van der Waals surface area (Å²) >= 11 is 1.41. The van der Waals surface area contributed by atoms with E-state index in [0.29, 0.717) is 0 Å². The monoisotopic (exact) mass is 234 g/mol. The third-order valence-corrected chi connectivity index (χ3v) is 4.31. The van der Waals surface area contributed by atoms with E-state index in [2.05, 4.69) is 0 Å². The molecule has 0 atom stereocenters. The maximum atomic E-state index is 13.0. The molecule has 1 nitrogen and oxygen atoms in total. The summed E-state index contributed by atoms with van der Waals surface area (Å²) in [7, 11) is 0. The molecule has 3 rings (SSSR count). The van der Waals surface area contributed by atoms with Crippen molar-refractivity contribution >= 4 is 27.2 Å². The summed E-state index contributed by atoms with van der Waals surface area (Å²) < 4.78 is 13.9. The highest BCUT2D eigenvalue weighted by Gasteiger charge is 2.27. The minimum Gasteiger partial charge on any atom is -0.293 e. The van der Waals surface area contributed by atoms with Crippen LogP contribution in [0.4, 0.5) is 4.39 Å². The summed E-state index contributed by atoms with van der Waals surface area (Å²) in [6.45, 7) is 0. The molecule has 0 saturated heterocycles. The Morgan fingerprint density at radius 1 is 1.31 bits per heavy atom. The molecule has 0 N–H and O–H groups in total. The highest BCUT2D eigenvalue weighted by Crippen LogP contribution is 2.34. The molecule has 1 heterocycles. The van der Waals surface area contributed by atoms with E-state index >= 15 is 0 Å². The number of ketones is 1. The van der Waals surface area contributed by atoms with Crippen molar-refractivity contribution in [3.8, 4) is 0 Å². The van der Waals surface area contributed by atoms with Crippen LogP contribution in [0.15, 0.2) is 24.3 Å². The fourth-order valence-electron chi connectivity index (χ4n) is 2.00. The second kappa shape index (κ2) is 3.67. The predicted octanol–water partition coefficient (Wildman–Crippen LogP) is 4.02. The van der Waals surface area contributed by atoms with Gasteiger partial charge in [0.05, 0.1) is 4.88 Å². The first-order valence-electron chi connectivity index (χ1n) is 5.47. The summed E-state index contributed by atoms with van der Waals surface area (Å²) in [5.41, 5.74) is 0. The average Bonchev–Trinajstić information content (AvgIpc) is 2.57. The first-order valence-corrected chi connectivity index (χ1v) is 6.29. The molecule has 0 amide bonds. The minimum absolute atomic E-state index is 0.220. The fraction of sp³-hybridized carbons (Fsp3) is 0.308. The van der Waals surface area contributed by atoms with Crippen LogP contribution in [0.2, 0.25) is 0 Å². The van der Waals surface area contributed by atoms with Crippen LogP contribution in [-0.4, -0.2) is 5.78 Å². The number of carbonyl (C=O) groups excluding carboxylic acids is 1. The van der Waals surface area contributed by atoms with Crippen LogP contribution in [0.5, 0.6) is 0 Å². The molecule has 82 valence electrons.